The first-order chi connectivity index (χ1) is 7.50. The van der Waals surface area contributed by atoms with Crippen molar-refractivity contribution >= 4 is 5.91 Å². The molecule has 16 heavy (non-hydrogen) atoms. The van der Waals surface area contributed by atoms with Gasteiger partial charge in [0, 0.05) is 19.0 Å². The van der Waals surface area contributed by atoms with E-state index in [-0.39, 0.29) is 5.92 Å². The fourth-order valence-electron chi connectivity index (χ4n) is 2.51. The molecule has 94 valence electrons. The molecule has 0 aromatic carbocycles. The van der Waals surface area contributed by atoms with Crippen LogP contribution in [0.15, 0.2) is 0 Å². The first-order valence-electron chi connectivity index (χ1n) is 6.79. The van der Waals surface area contributed by atoms with Gasteiger partial charge in [0.2, 0.25) is 5.91 Å². The number of amides is 1. The van der Waals surface area contributed by atoms with Crippen LogP contribution in [0, 0.1) is 11.3 Å². The van der Waals surface area contributed by atoms with Crippen molar-refractivity contribution in [3.8, 4) is 0 Å². The highest BCUT2D eigenvalue weighted by atomic mass is 16.2. The fraction of sp³-hybridized carbons (Fsp3) is 0.929. The Morgan fingerprint density at radius 3 is 2.50 bits per heavy atom. The van der Waals surface area contributed by atoms with Gasteiger partial charge >= 0.3 is 0 Å². The molecule has 0 radical (unpaired) electrons. The second-order valence-electron chi connectivity index (χ2n) is 5.92. The number of carbonyl (C=O) groups excluding carboxylic acids is 1. The van der Waals surface area contributed by atoms with Crippen molar-refractivity contribution in [3.05, 3.63) is 0 Å². The SMILES string of the molecule is CCCCC(CC)C(=O)N1CCC(C)(C)C1. The molecular formula is C14H27NO. The van der Waals surface area contributed by atoms with Gasteiger partial charge in [0.15, 0.2) is 0 Å². The van der Waals surface area contributed by atoms with Gasteiger partial charge in [-0.1, -0.05) is 40.5 Å². The summed E-state index contributed by atoms with van der Waals surface area (Å²) in [5, 5.41) is 0. The summed E-state index contributed by atoms with van der Waals surface area (Å²) in [6.45, 7) is 10.8. The lowest BCUT2D eigenvalue weighted by Gasteiger charge is -2.24. The molecule has 0 spiro atoms. The van der Waals surface area contributed by atoms with Gasteiger partial charge in [0.25, 0.3) is 0 Å². The van der Waals surface area contributed by atoms with E-state index in [0.29, 0.717) is 11.3 Å². The van der Waals surface area contributed by atoms with Crippen LogP contribution in [0.2, 0.25) is 0 Å². The van der Waals surface area contributed by atoms with Crippen molar-refractivity contribution in [3.63, 3.8) is 0 Å². The van der Waals surface area contributed by atoms with Crippen molar-refractivity contribution in [1.82, 2.24) is 4.90 Å². The second kappa shape index (κ2) is 5.70. The molecule has 1 unspecified atom stereocenters. The van der Waals surface area contributed by atoms with Crippen LogP contribution in [0.4, 0.5) is 0 Å². The van der Waals surface area contributed by atoms with Gasteiger partial charge in [-0.3, -0.25) is 4.79 Å². The summed E-state index contributed by atoms with van der Waals surface area (Å²) < 4.78 is 0. The molecule has 1 aliphatic rings. The third-order valence-corrected chi connectivity index (χ3v) is 3.74. The Labute approximate surface area is 100 Å². The lowest BCUT2D eigenvalue weighted by Crippen LogP contribution is -2.35. The maximum Gasteiger partial charge on any atom is 0.225 e. The van der Waals surface area contributed by atoms with E-state index in [1.165, 1.54) is 12.8 Å². The van der Waals surface area contributed by atoms with E-state index >= 15 is 0 Å². The monoisotopic (exact) mass is 225 g/mol. The van der Waals surface area contributed by atoms with Gasteiger partial charge in [-0.05, 0) is 24.7 Å². The summed E-state index contributed by atoms with van der Waals surface area (Å²) in [7, 11) is 0. The Morgan fingerprint density at radius 1 is 1.38 bits per heavy atom. The average molecular weight is 225 g/mol. The van der Waals surface area contributed by atoms with Gasteiger partial charge in [0.1, 0.15) is 0 Å². The van der Waals surface area contributed by atoms with Crippen molar-refractivity contribution in [2.75, 3.05) is 13.1 Å². The zero-order valence-electron chi connectivity index (χ0n) is 11.4. The summed E-state index contributed by atoms with van der Waals surface area (Å²) >= 11 is 0. The number of likely N-dealkylation sites (tertiary alicyclic amines) is 1. The van der Waals surface area contributed by atoms with Gasteiger partial charge in [0.05, 0.1) is 0 Å². The topological polar surface area (TPSA) is 20.3 Å². The van der Waals surface area contributed by atoms with Gasteiger partial charge < -0.3 is 4.90 Å². The molecule has 1 amide bonds. The molecule has 2 heteroatoms. The maximum absolute atomic E-state index is 12.3. The highest BCUT2D eigenvalue weighted by molar-refractivity contribution is 5.79. The van der Waals surface area contributed by atoms with Crippen LogP contribution in [0.3, 0.4) is 0 Å². The molecule has 0 saturated carbocycles. The molecule has 2 nitrogen and oxygen atoms in total. The molecule has 1 aliphatic heterocycles. The first kappa shape index (κ1) is 13.5. The Kier molecular flexibility index (Phi) is 4.82. The van der Waals surface area contributed by atoms with Gasteiger partial charge in [-0.15, -0.1) is 0 Å². The van der Waals surface area contributed by atoms with E-state index in [1.807, 2.05) is 0 Å². The molecule has 1 atom stereocenters. The predicted molar refractivity (Wildman–Crippen MR) is 68.3 cm³/mol. The number of unbranched alkanes of at least 4 members (excludes halogenated alkanes) is 1. The molecule has 0 aromatic heterocycles. The molecule has 0 N–H and O–H groups in total. The summed E-state index contributed by atoms with van der Waals surface area (Å²) in [4.78, 5) is 14.4. The molecule has 1 heterocycles. The highest BCUT2D eigenvalue weighted by Crippen LogP contribution is 2.30. The molecule has 0 aliphatic carbocycles. The summed E-state index contributed by atoms with van der Waals surface area (Å²) in [5.41, 5.74) is 0.332. The Hall–Kier alpha value is -0.530. The number of nitrogens with zero attached hydrogens (tertiary/aromatic N) is 1. The van der Waals surface area contributed by atoms with Crippen molar-refractivity contribution in [1.29, 1.82) is 0 Å². The van der Waals surface area contributed by atoms with Crippen LogP contribution >= 0.6 is 0 Å². The van der Waals surface area contributed by atoms with Crippen LogP contribution in [0.5, 0.6) is 0 Å². The van der Waals surface area contributed by atoms with E-state index < -0.39 is 0 Å². The summed E-state index contributed by atoms with van der Waals surface area (Å²) in [6.07, 6.45) is 5.60. The van der Waals surface area contributed by atoms with Crippen molar-refractivity contribution in [2.24, 2.45) is 11.3 Å². The van der Waals surface area contributed by atoms with Crippen LogP contribution < -0.4 is 0 Å². The largest absolute Gasteiger partial charge is 0.342 e. The fourth-order valence-corrected chi connectivity index (χ4v) is 2.51. The zero-order chi connectivity index (χ0) is 12.2. The van der Waals surface area contributed by atoms with Gasteiger partial charge in [-0.2, -0.15) is 0 Å². The zero-order valence-corrected chi connectivity index (χ0v) is 11.4. The van der Waals surface area contributed by atoms with Crippen LogP contribution in [-0.2, 0) is 4.79 Å². The third-order valence-electron chi connectivity index (χ3n) is 3.74. The normalized spacial score (nSPS) is 21.1. The van der Waals surface area contributed by atoms with E-state index in [0.717, 1.165) is 32.4 Å². The van der Waals surface area contributed by atoms with Crippen molar-refractivity contribution < 1.29 is 4.79 Å². The molecule has 1 saturated heterocycles. The number of carbonyl (C=O) groups is 1. The number of hydrogen-bond donors (Lipinski definition) is 0. The lowest BCUT2D eigenvalue weighted by molar-refractivity contribution is -0.135. The summed E-state index contributed by atoms with van der Waals surface area (Å²) in [6, 6.07) is 0. The summed E-state index contributed by atoms with van der Waals surface area (Å²) in [5.74, 6) is 0.676. The highest BCUT2D eigenvalue weighted by Gasteiger charge is 2.34. The number of hydrogen-bond acceptors (Lipinski definition) is 1. The molecule has 1 rings (SSSR count). The molecule has 0 bridgehead atoms. The first-order valence-corrected chi connectivity index (χ1v) is 6.79. The third kappa shape index (κ3) is 3.50. The Morgan fingerprint density at radius 2 is 2.06 bits per heavy atom. The number of rotatable bonds is 5. The van der Waals surface area contributed by atoms with Crippen molar-refractivity contribution in [2.45, 2.75) is 59.8 Å². The lowest BCUT2D eigenvalue weighted by atomic mass is 9.93. The molecule has 0 aromatic rings. The van der Waals surface area contributed by atoms with Crippen LogP contribution in [0.1, 0.15) is 59.8 Å². The molecular weight excluding hydrogens is 198 g/mol. The minimum Gasteiger partial charge on any atom is -0.342 e. The van der Waals surface area contributed by atoms with E-state index in [2.05, 4.69) is 32.6 Å². The van der Waals surface area contributed by atoms with E-state index in [1.54, 1.807) is 0 Å². The van der Waals surface area contributed by atoms with E-state index in [4.69, 9.17) is 0 Å². The predicted octanol–water partition coefficient (Wildman–Crippen LogP) is 3.46. The standard InChI is InChI=1S/C14H27NO/c1-5-7-8-12(6-2)13(16)15-10-9-14(3,4)11-15/h12H,5-11H2,1-4H3. The van der Waals surface area contributed by atoms with Gasteiger partial charge in [-0.25, -0.2) is 0 Å². The average Bonchev–Trinajstić information content (AvgIpc) is 2.59. The Balaban J connectivity index is 2.49. The second-order valence-corrected chi connectivity index (χ2v) is 5.92. The molecule has 1 fully saturated rings. The quantitative estimate of drug-likeness (QED) is 0.701. The van der Waals surface area contributed by atoms with E-state index in [9.17, 15) is 4.79 Å². The smallest absolute Gasteiger partial charge is 0.225 e. The minimum absolute atomic E-state index is 0.272. The minimum atomic E-state index is 0.272. The van der Waals surface area contributed by atoms with Crippen LogP contribution in [-0.4, -0.2) is 23.9 Å². The Bertz CT molecular complexity index is 235. The van der Waals surface area contributed by atoms with Crippen LogP contribution in [0.25, 0.3) is 0 Å². The maximum atomic E-state index is 12.3.